The second-order valence-electron chi connectivity index (χ2n) is 5.82. The lowest BCUT2D eigenvalue weighted by molar-refractivity contribution is 0.0885. The van der Waals surface area contributed by atoms with Gasteiger partial charge in [0.15, 0.2) is 0 Å². The van der Waals surface area contributed by atoms with Crippen molar-refractivity contribution in [2.24, 2.45) is 5.92 Å². The van der Waals surface area contributed by atoms with Gasteiger partial charge in [0, 0.05) is 36.7 Å². The Labute approximate surface area is 122 Å². The van der Waals surface area contributed by atoms with E-state index in [2.05, 4.69) is 43.1 Å². The van der Waals surface area contributed by atoms with Gasteiger partial charge in [-0.1, -0.05) is 44.0 Å². The van der Waals surface area contributed by atoms with Crippen LogP contribution >= 0.6 is 11.6 Å². The Morgan fingerprint density at radius 1 is 1.37 bits per heavy atom. The molecular formula is C16H25ClN2. The SMILES string of the molecule is CCC(C)C1CNC(C)CN1Cc1ccc(Cl)cc1. The van der Waals surface area contributed by atoms with Crippen LogP contribution in [0.3, 0.4) is 0 Å². The van der Waals surface area contributed by atoms with Crippen LogP contribution in [-0.2, 0) is 6.54 Å². The van der Waals surface area contributed by atoms with Crippen LogP contribution in [0.5, 0.6) is 0 Å². The van der Waals surface area contributed by atoms with E-state index in [-0.39, 0.29) is 0 Å². The highest BCUT2D eigenvalue weighted by atomic mass is 35.5. The zero-order chi connectivity index (χ0) is 13.8. The van der Waals surface area contributed by atoms with Gasteiger partial charge >= 0.3 is 0 Å². The van der Waals surface area contributed by atoms with E-state index in [1.807, 2.05) is 12.1 Å². The molecule has 0 aromatic heterocycles. The summed E-state index contributed by atoms with van der Waals surface area (Å²) in [5.41, 5.74) is 1.35. The smallest absolute Gasteiger partial charge is 0.0406 e. The van der Waals surface area contributed by atoms with E-state index in [1.54, 1.807) is 0 Å². The summed E-state index contributed by atoms with van der Waals surface area (Å²) in [6.45, 7) is 10.2. The number of halogens is 1. The molecule has 1 aliphatic heterocycles. The third kappa shape index (κ3) is 3.95. The molecule has 3 atom stereocenters. The monoisotopic (exact) mass is 280 g/mol. The van der Waals surface area contributed by atoms with Crippen LogP contribution in [0.1, 0.15) is 32.8 Å². The average molecular weight is 281 g/mol. The Morgan fingerprint density at radius 2 is 2.05 bits per heavy atom. The minimum absolute atomic E-state index is 0.576. The zero-order valence-corrected chi connectivity index (χ0v) is 13.0. The van der Waals surface area contributed by atoms with Crippen molar-refractivity contribution in [2.75, 3.05) is 13.1 Å². The Kier molecular flexibility index (Phi) is 5.26. The molecule has 0 bridgehead atoms. The van der Waals surface area contributed by atoms with E-state index in [9.17, 15) is 0 Å². The number of benzene rings is 1. The molecule has 1 heterocycles. The van der Waals surface area contributed by atoms with Crippen molar-refractivity contribution in [3.05, 3.63) is 34.9 Å². The van der Waals surface area contributed by atoms with Gasteiger partial charge in [-0.25, -0.2) is 0 Å². The molecular weight excluding hydrogens is 256 g/mol. The summed E-state index contributed by atoms with van der Waals surface area (Å²) in [5.74, 6) is 0.729. The van der Waals surface area contributed by atoms with Crippen LogP contribution in [0.15, 0.2) is 24.3 Å². The van der Waals surface area contributed by atoms with Crippen LogP contribution in [-0.4, -0.2) is 30.1 Å². The summed E-state index contributed by atoms with van der Waals surface area (Å²) in [7, 11) is 0. The summed E-state index contributed by atoms with van der Waals surface area (Å²) < 4.78 is 0. The quantitative estimate of drug-likeness (QED) is 0.907. The molecule has 0 radical (unpaired) electrons. The molecule has 1 aromatic rings. The zero-order valence-electron chi connectivity index (χ0n) is 12.2. The topological polar surface area (TPSA) is 15.3 Å². The van der Waals surface area contributed by atoms with Gasteiger partial charge in [-0.05, 0) is 30.5 Å². The number of rotatable bonds is 4. The molecule has 1 aromatic carbocycles. The van der Waals surface area contributed by atoms with Crippen molar-refractivity contribution in [2.45, 2.75) is 45.8 Å². The van der Waals surface area contributed by atoms with E-state index >= 15 is 0 Å². The summed E-state index contributed by atoms with van der Waals surface area (Å²) in [6, 6.07) is 9.47. The van der Waals surface area contributed by atoms with Crippen molar-refractivity contribution < 1.29 is 0 Å². The van der Waals surface area contributed by atoms with Crippen LogP contribution in [0.25, 0.3) is 0 Å². The van der Waals surface area contributed by atoms with Crippen molar-refractivity contribution in [1.82, 2.24) is 10.2 Å². The van der Waals surface area contributed by atoms with Gasteiger partial charge < -0.3 is 5.32 Å². The highest BCUT2D eigenvalue weighted by molar-refractivity contribution is 6.30. The Morgan fingerprint density at radius 3 is 2.68 bits per heavy atom. The number of hydrogen-bond acceptors (Lipinski definition) is 2. The lowest BCUT2D eigenvalue weighted by atomic mass is 9.94. The maximum atomic E-state index is 5.96. The predicted octanol–water partition coefficient (Wildman–Crippen LogP) is 3.55. The molecule has 0 amide bonds. The van der Waals surface area contributed by atoms with Crippen LogP contribution < -0.4 is 5.32 Å². The first kappa shape index (κ1) is 14.8. The maximum Gasteiger partial charge on any atom is 0.0406 e. The molecule has 19 heavy (non-hydrogen) atoms. The van der Waals surface area contributed by atoms with E-state index in [4.69, 9.17) is 11.6 Å². The molecule has 0 spiro atoms. The fourth-order valence-electron chi connectivity index (χ4n) is 2.84. The Bertz CT molecular complexity index is 390. The summed E-state index contributed by atoms with van der Waals surface area (Å²) in [6.07, 6.45) is 1.23. The first-order chi connectivity index (χ1) is 9.10. The summed E-state index contributed by atoms with van der Waals surface area (Å²) >= 11 is 5.96. The molecule has 3 unspecified atom stereocenters. The molecule has 2 rings (SSSR count). The van der Waals surface area contributed by atoms with Crippen molar-refractivity contribution in [3.8, 4) is 0 Å². The van der Waals surface area contributed by atoms with Crippen LogP contribution in [0, 0.1) is 5.92 Å². The first-order valence-corrected chi connectivity index (χ1v) is 7.69. The highest BCUT2D eigenvalue weighted by Crippen LogP contribution is 2.21. The Balaban J connectivity index is 2.07. The largest absolute Gasteiger partial charge is 0.311 e. The predicted molar refractivity (Wildman–Crippen MR) is 82.6 cm³/mol. The molecule has 1 fully saturated rings. The van der Waals surface area contributed by atoms with Gasteiger partial charge in [0.1, 0.15) is 0 Å². The number of nitrogens with one attached hydrogen (secondary N) is 1. The van der Waals surface area contributed by atoms with Crippen LogP contribution in [0.2, 0.25) is 5.02 Å². The molecule has 1 N–H and O–H groups in total. The lowest BCUT2D eigenvalue weighted by Gasteiger charge is -2.42. The molecule has 1 aliphatic rings. The van der Waals surface area contributed by atoms with E-state index < -0.39 is 0 Å². The Hall–Kier alpha value is -0.570. The lowest BCUT2D eigenvalue weighted by Crippen LogP contribution is -2.57. The molecule has 3 heteroatoms. The number of nitrogens with zero attached hydrogens (tertiary/aromatic N) is 1. The third-order valence-electron chi connectivity index (χ3n) is 4.25. The molecule has 0 saturated carbocycles. The number of hydrogen-bond donors (Lipinski definition) is 1. The molecule has 106 valence electrons. The highest BCUT2D eigenvalue weighted by Gasteiger charge is 2.28. The number of piperazine rings is 1. The first-order valence-electron chi connectivity index (χ1n) is 7.32. The second-order valence-corrected chi connectivity index (χ2v) is 6.25. The molecule has 1 saturated heterocycles. The van der Waals surface area contributed by atoms with Crippen molar-refractivity contribution in [3.63, 3.8) is 0 Å². The minimum Gasteiger partial charge on any atom is -0.311 e. The summed E-state index contributed by atoms with van der Waals surface area (Å²) in [4.78, 5) is 2.62. The fourth-order valence-corrected chi connectivity index (χ4v) is 2.97. The minimum atomic E-state index is 0.576. The van der Waals surface area contributed by atoms with Crippen molar-refractivity contribution >= 4 is 11.6 Å². The van der Waals surface area contributed by atoms with E-state index in [1.165, 1.54) is 12.0 Å². The van der Waals surface area contributed by atoms with Gasteiger partial charge in [0.25, 0.3) is 0 Å². The normalized spacial score (nSPS) is 26.3. The van der Waals surface area contributed by atoms with E-state index in [0.717, 1.165) is 30.6 Å². The average Bonchev–Trinajstić information content (AvgIpc) is 2.41. The van der Waals surface area contributed by atoms with Gasteiger partial charge in [-0.3, -0.25) is 4.90 Å². The molecule has 0 aliphatic carbocycles. The third-order valence-corrected chi connectivity index (χ3v) is 4.50. The van der Waals surface area contributed by atoms with Gasteiger partial charge in [0.05, 0.1) is 0 Å². The van der Waals surface area contributed by atoms with Gasteiger partial charge in [0.2, 0.25) is 0 Å². The standard InChI is InChI=1S/C16H25ClN2/c1-4-12(2)16-9-18-13(3)10-19(16)11-14-5-7-15(17)8-6-14/h5-8,12-13,16,18H,4,9-11H2,1-3H3. The van der Waals surface area contributed by atoms with Crippen LogP contribution in [0.4, 0.5) is 0 Å². The molecule has 2 nitrogen and oxygen atoms in total. The fraction of sp³-hybridized carbons (Fsp3) is 0.625. The van der Waals surface area contributed by atoms with Gasteiger partial charge in [-0.15, -0.1) is 0 Å². The summed E-state index contributed by atoms with van der Waals surface area (Å²) in [5, 5.41) is 4.43. The van der Waals surface area contributed by atoms with E-state index in [0.29, 0.717) is 12.1 Å². The van der Waals surface area contributed by atoms with Crippen molar-refractivity contribution in [1.29, 1.82) is 0 Å². The maximum absolute atomic E-state index is 5.96. The second kappa shape index (κ2) is 6.74. The van der Waals surface area contributed by atoms with Gasteiger partial charge in [-0.2, -0.15) is 0 Å².